The SMILES string of the molecule is CC#Cc1nc(-c2cnn(CCN3CCN(c4cc5c(C)noc5cc4F)CC3)c2N)n[nH]1. The zero-order valence-electron chi connectivity index (χ0n) is 18.5. The molecule has 0 atom stereocenters. The van der Waals surface area contributed by atoms with Crippen LogP contribution in [0, 0.1) is 24.6 Å². The number of hydrogen-bond donors (Lipinski definition) is 2. The third kappa shape index (κ3) is 4.01. The number of fused-ring (bicyclic) bond motifs is 1. The first kappa shape index (κ1) is 21.0. The molecule has 1 aromatic carbocycles. The molecule has 3 N–H and O–H groups in total. The summed E-state index contributed by atoms with van der Waals surface area (Å²) < 4.78 is 21.5. The Hall–Kier alpha value is -3.91. The molecule has 0 radical (unpaired) electrons. The summed E-state index contributed by atoms with van der Waals surface area (Å²) in [6.07, 6.45) is 1.67. The third-order valence-corrected chi connectivity index (χ3v) is 5.91. The van der Waals surface area contributed by atoms with E-state index in [1.54, 1.807) is 17.8 Å². The molecular weight excluding hydrogens is 425 g/mol. The van der Waals surface area contributed by atoms with Crippen molar-refractivity contribution in [1.82, 2.24) is 35.0 Å². The van der Waals surface area contributed by atoms with Gasteiger partial charge in [-0.3, -0.25) is 10.00 Å². The lowest BCUT2D eigenvalue weighted by Gasteiger charge is -2.36. The van der Waals surface area contributed by atoms with Gasteiger partial charge in [0, 0.05) is 44.2 Å². The molecule has 4 heterocycles. The van der Waals surface area contributed by atoms with E-state index < -0.39 is 0 Å². The molecule has 0 aliphatic carbocycles. The van der Waals surface area contributed by atoms with Crippen molar-refractivity contribution < 1.29 is 8.91 Å². The number of rotatable bonds is 5. The number of nitrogens with one attached hydrogen (secondary N) is 1. The molecule has 4 aromatic rings. The summed E-state index contributed by atoms with van der Waals surface area (Å²) in [6.45, 7) is 8.10. The molecule has 0 saturated carbocycles. The lowest BCUT2D eigenvalue weighted by atomic mass is 10.1. The van der Waals surface area contributed by atoms with E-state index in [4.69, 9.17) is 10.3 Å². The third-order valence-electron chi connectivity index (χ3n) is 5.91. The molecule has 33 heavy (non-hydrogen) atoms. The largest absolute Gasteiger partial charge is 0.383 e. The number of nitrogen functional groups attached to an aromatic ring is 1. The second-order valence-corrected chi connectivity index (χ2v) is 7.95. The van der Waals surface area contributed by atoms with Gasteiger partial charge in [0.15, 0.2) is 11.4 Å². The maximum Gasteiger partial charge on any atom is 0.201 e. The van der Waals surface area contributed by atoms with E-state index in [1.807, 2.05) is 13.0 Å². The molecule has 1 fully saturated rings. The van der Waals surface area contributed by atoms with Crippen LogP contribution in [0.3, 0.4) is 0 Å². The van der Waals surface area contributed by atoms with Crippen LogP contribution in [0.15, 0.2) is 22.9 Å². The fraction of sp³-hybridized carbons (Fsp3) is 0.364. The first-order valence-corrected chi connectivity index (χ1v) is 10.7. The van der Waals surface area contributed by atoms with Gasteiger partial charge in [0.2, 0.25) is 5.82 Å². The molecule has 11 heteroatoms. The van der Waals surface area contributed by atoms with Gasteiger partial charge in [-0.2, -0.15) is 15.2 Å². The van der Waals surface area contributed by atoms with Gasteiger partial charge in [-0.05, 0) is 25.8 Å². The van der Waals surface area contributed by atoms with Gasteiger partial charge in [-0.25, -0.2) is 9.07 Å². The fourth-order valence-corrected chi connectivity index (χ4v) is 4.06. The van der Waals surface area contributed by atoms with Crippen LogP contribution >= 0.6 is 0 Å². The molecule has 1 saturated heterocycles. The molecule has 0 spiro atoms. The summed E-state index contributed by atoms with van der Waals surface area (Å²) in [5, 5.41) is 16.1. The van der Waals surface area contributed by atoms with Gasteiger partial charge in [0.1, 0.15) is 11.6 Å². The lowest BCUT2D eigenvalue weighted by Crippen LogP contribution is -2.47. The number of hydrogen-bond acceptors (Lipinski definition) is 8. The van der Waals surface area contributed by atoms with Crippen LogP contribution in [-0.4, -0.2) is 67.7 Å². The summed E-state index contributed by atoms with van der Waals surface area (Å²) in [4.78, 5) is 8.72. The Bertz CT molecular complexity index is 1350. The van der Waals surface area contributed by atoms with E-state index in [9.17, 15) is 4.39 Å². The van der Waals surface area contributed by atoms with Gasteiger partial charge >= 0.3 is 0 Å². The number of aryl methyl sites for hydroxylation is 1. The molecule has 0 bridgehead atoms. The minimum absolute atomic E-state index is 0.288. The molecule has 0 unspecified atom stereocenters. The topological polar surface area (TPSA) is 118 Å². The second-order valence-electron chi connectivity index (χ2n) is 7.95. The van der Waals surface area contributed by atoms with Crippen molar-refractivity contribution in [3.63, 3.8) is 0 Å². The van der Waals surface area contributed by atoms with Gasteiger partial charge < -0.3 is 15.2 Å². The van der Waals surface area contributed by atoms with Gasteiger partial charge in [0.25, 0.3) is 0 Å². The van der Waals surface area contributed by atoms with E-state index in [0.717, 1.165) is 43.8 Å². The van der Waals surface area contributed by atoms with E-state index in [2.05, 4.69) is 47.1 Å². The average Bonchev–Trinajstić information content (AvgIpc) is 3.52. The van der Waals surface area contributed by atoms with Crippen molar-refractivity contribution in [2.45, 2.75) is 20.4 Å². The summed E-state index contributed by atoms with van der Waals surface area (Å²) in [7, 11) is 0. The molecule has 10 nitrogen and oxygen atoms in total. The van der Waals surface area contributed by atoms with Gasteiger partial charge in [-0.1, -0.05) is 11.1 Å². The van der Waals surface area contributed by atoms with E-state index >= 15 is 0 Å². The van der Waals surface area contributed by atoms with Crippen LogP contribution in [0.25, 0.3) is 22.4 Å². The van der Waals surface area contributed by atoms with E-state index in [-0.39, 0.29) is 5.82 Å². The minimum atomic E-state index is -0.288. The number of aromatic amines is 1. The highest BCUT2D eigenvalue weighted by Crippen LogP contribution is 2.29. The minimum Gasteiger partial charge on any atom is -0.383 e. The maximum absolute atomic E-state index is 14.6. The number of anilines is 2. The van der Waals surface area contributed by atoms with Crippen molar-refractivity contribution in [2.24, 2.45) is 0 Å². The molecule has 1 aliphatic rings. The van der Waals surface area contributed by atoms with Crippen molar-refractivity contribution in [3.8, 4) is 23.2 Å². The van der Waals surface area contributed by atoms with E-state index in [0.29, 0.717) is 40.8 Å². The van der Waals surface area contributed by atoms with Crippen LogP contribution in [0.4, 0.5) is 15.9 Å². The number of nitrogens with zero attached hydrogens (tertiary/aromatic N) is 7. The van der Waals surface area contributed by atoms with Crippen LogP contribution in [0.5, 0.6) is 0 Å². The lowest BCUT2D eigenvalue weighted by molar-refractivity contribution is 0.244. The van der Waals surface area contributed by atoms with Crippen molar-refractivity contribution in [3.05, 3.63) is 35.7 Å². The Labute approximate surface area is 189 Å². The van der Waals surface area contributed by atoms with Crippen molar-refractivity contribution in [2.75, 3.05) is 43.4 Å². The van der Waals surface area contributed by atoms with Crippen LogP contribution in [-0.2, 0) is 6.54 Å². The molecule has 0 amide bonds. The highest BCUT2D eigenvalue weighted by Gasteiger charge is 2.22. The number of benzene rings is 1. The van der Waals surface area contributed by atoms with Crippen molar-refractivity contribution >= 4 is 22.5 Å². The Morgan fingerprint density at radius 3 is 2.82 bits per heavy atom. The van der Waals surface area contributed by atoms with Crippen LogP contribution in [0.1, 0.15) is 18.4 Å². The normalized spacial score (nSPS) is 14.6. The number of H-pyrrole nitrogens is 1. The van der Waals surface area contributed by atoms with E-state index in [1.165, 1.54) is 6.07 Å². The number of piperazine rings is 1. The fourth-order valence-electron chi connectivity index (χ4n) is 4.06. The maximum atomic E-state index is 14.6. The highest BCUT2D eigenvalue weighted by atomic mass is 19.1. The Morgan fingerprint density at radius 2 is 2.03 bits per heavy atom. The predicted molar refractivity (Wildman–Crippen MR) is 122 cm³/mol. The second kappa shape index (κ2) is 8.55. The Kier molecular flexibility index (Phi) is 5.43. The summed E-state index contributed by atoms with van der Waals surface area (Å²) in [5.41, 5.74) is 8.79. The standard InChI is InChI=1S/C22H24FN9O/c1-3-4-20-26-22(28-27-20)16-13-25-32(21(16)24)10-7-30-5-8-31(9-6-30)18-11-15-14(2)29-33-19(15)12-17(18)23/h11-13H,5-10,24H2,1-2H3,(H,26,27,28). The van der Waals surface area contributed by atoms with Crippen LogP contribution < -0.4 is 10.6 Å². The zero-order chi connectivity index (χ0) is 22.9. The van der Waals surface area contributed by atoms with Gasteiger partial charge in [-0.15, -0.1) is 0 Å². The summed E-state index contributed by atoms with van der Waals surface area (Å²) in [5.74, 6) is 6.81. The summed E-state index contributed by atoms with van der Waals surface area (Å²) >= 11 is 0. The first-order valence-electron chi connectivity index (χ1n) is 10.7. The van der Waals surface area contributed by atoms with Crippen LogP contribution in [0.2, 0.25) is 0 Å². The quantitative estimate of drug-likeness (QED) is 0.445. The monoisotopic (exact) mass is 449 g/mol. The Balaban J connectivity index is 1.20. The Morgan fingerprint density at radius 1 is 1.21 bits per heavy atom. The molecule has 3 aromatic heterocycles. The predicted octanol–water partition coefficient (Wildman–Crippen LogP) is 2.03. The summed E-state index contributed by atoms with van der Waals surface area (Å²) in [6, 6.07) is 3.25. The average molecular weight is 449 g/mol. The number of halogens is 1. The first-order chi connectivity index (χ1) is 16.0. The smallest absolute Gasteiger partial charge is 0.201 e. The molecule has 170 valence electrons. The number of nitrogens with two attached hydrogens (primary N) is 1. The number of aromatic nitrogens is 6. The molecular formula is C22H24FN9O. The van der Waals surface area contributed by atoms with Crippen molar-refractivity contribution in [1.29, 1.82) is 0 Å². The molecule has 1 aliphatic heterocycles. The zero-order valence-corrected chi connectivity index (χ0v) is 18.5. The molecule has 5 rings (SSSR count). The van der Waals surface area contributed by atoms with Gasteiger partial charge in [0.05, 0.1) is 29.7 Å². The highest BCUT2D eigenvalue weighted by molar-refractivity contribution is 5.83.